The van der Waals surface area contributed by atoms with Gasteiger partial charge in [-0.2, -0.15) is 0 Å². The Bertz CT molecular complexity index is 380. The van der Waals surface area contributed by atoms with E-state index >= 15 is 0 Å². The van der Waals surface area contributed by atoms with E-state index in [9.17, 15) is 4.79 Å². The van der Waals surface area contributed by atoms with Gasteiger partial charge in [-0.1, -0.05) is 23.8 Å². The van der Waals surface area contributed by atoms with Crippen LogP contribution in [-0.4, -0.2) is 24.8 Å². The van der Waals surface area contributed by atoms with Crippen molar-refractivity contribution in [3.05, 3.63) is 35.4 Å². The fourth-order valence-corrected chi connectivity index (χ4v) is 1.30. The van der Waals surface area contributed by atoms with Crippen molar-refractivity contribution in [2.45, 2.75) is 13.8 Å². The Morgan fingerprint density at radius 2 is 1.94 bits per heavy atom. The number of carbonyl (C=O) groups is 1. The van der Waals surface area contributed by atoms with Crippen LogP contribution in [0.3, 0.4) is 0 Å². The molecule has 1 aromatic carbocycles. The molecule has 0 bridgehead atoms. The molecule has 1 aliphatic rings. The largest absolute Gasteiger partial charge is 0.355 e. The first-order chi connectivity index (χ1) is 7.59. The molecule has 16 heavy (non-hydrogen) atoms. The highest BCUT2D eigenvalue weighted by atomic mass is 16.1. The second-order valence-corrected chi connectivity index (χ2v) is 3.65. The number of guanidine groups is 1. The molecule has 0 atom stereocenters. The van der Waals surface area contributed by atoms with Crippen LogP contribution in [0.5, 0.6) is 0 Å². The van der Waals surface area contributed by atoms with Gasteiger partial charge in [0.2, 0.25) is 0 Å². The number of benzene rings is 1. The number of nitrogens with one attached hydrogen (secondary N) is 3. The molecule has 0 amide bonds. The molecule has 4 nitrogen and oxygen atoms in total. The fraction of sp³-hybridized carbons (Fsp3) is 0.333. The van der Waals surface area contributed by atoms with Gasteiger partial charge < -0.3 is 10.6 Å². The minimum absolute atomic E-state index is 0.128. The number of rotatable bonds is 1. The van der Waals surface area contributed by atoms with Crippen LogP contribution in [0.4, 0.5) is 0 Å². The van der Waals surface area contributed by atoms with Gasteiger partial charge in [-0.25, -0.2) is 0 Å². The normalized spacial score (nSPS) is 13.2. The summed E-state index contributed by atoms with van der Waals surface area (Å²) in [6, 6.07) is 7.59. The van der Waals surface area contributed by atoms with Gasteiger partial charge in [0.15, 0.2) is 11.7 Å². The van der Waals surface area contributed by atoms with E-state index in [0.717, 1.165) is 24.2 Å². The smallest absolute Gasteiger partial charge is 0.188 e. The van der Waals surface area contributed by atoms with Crippen molar-refractivity contribution < 1.29 is 4.79 Å². The van der Waals surface area contributed by atoms with Crippen molar-refractivity contribution in [3.8, 4) is 0 Å². The van der Waals surface area contributed by atoms with Crippen LogP contribution in [0.1, 0.15) is 22.8 Å². The minimum atomic E-state index is 0.128. The molecule has 0 aromatic heterocycles. The average molecular weight is 219 g/mol. The quantitative estimate of drug-likeness (QED) is 0.624. The average Bonchev–Trinajstić information content (AvgIpc) is 2.70. The lowest BCUT2D eigenvalue weighted by Gasteiger charge is -1.94. The van der Waals surface area contributed by atoms with Crippen LogP contribution < -0.4 is 10.6 Å². The van der Waals surface area contributed by atoms with Gasteiger partial charge in [0.05, 0.1) is 0 Å². The summed E-state index contributed by atoms with van der Waals surface area (Å²) < 4.78 is 0. The maximum absolute atomic E-state index is 10.8. The van der Waals surface area contributed by atoms with E-state index in [0.29, 0.717) is 5.96 Å². The zero-order valence-electron chi connectivity index (χ0n) is 9.63. The Morgan fingerprint density at radius 1 is 1.31 bits per heavy atom. The van der Waals surface area contributed by atoms with Crippen molar-refractivity contribution in [3.63, 3.8) is 0 Å². The van der Waals surface area contributed by atoms with E-state index in [-0.39, 0.29) is 5.78 Å². The summed E-state index contributed by atoms with van der Waals surface area (Å²) >= 11 is 0. The number of Topliss-reactive ketones (excluding diaryl/α,β-unsaturated/α-hetero) is 1. The number of hydrogen-bond acceptors (Lipinski definition) is 2. The fourth-order valence-electron chi connectivity index (χ4n) is 1.30. The maximum atomic E-state index is 10.8. The molecule has 1 heterocycles. The zero-order valence-corrected chi connectivity index (χ0v) is 9.63. The Labute approximate surface area is 95.6 Å². The first-order valence-corrected chi connectivity index (χ1v) is 5.23. The Morgan fingerprint density at radius 3 is 2.25 bits per heavy atom. The van der Waals surface area contributed by atoms with Crippen molar-refractivity contribution in [2.75, 3.05) is 13.1 Å². The minimum Gasteiger partial charge on any atom is -0.355 e. The molecule has 3 N–H and O–H groups in total. The van der Waals surface area contributed by atoms with Crippen LogP contribution in [-0.2, 0) is 0 Å². The third kappa shape index (κ3) is 4.13. The van der Waals surface area contributed by atoms with E-state index in [1.807, 2.05) is 31.2 Å². The summed E-state index contributed by atoms with van der Waals surface area (Å²) in [6.45, 7) is 5.36. The second kappa shape index (κ2) is 5.90. The summed E-state index contributed by atoms with van der Waals surface area (Å²) in [4.78, 5) is 10.8. The SMILES string of the molecule is CC(=O)c1cccc(C)c1.N=C1NCCN1. The van der Waals surface area contributed by atoms with Crippen molar-refractivity contribution >= 4 is 11.7 Å². The van der Waals surface area contributed by atoms with E-state index < -0.39 is 0 Å². The summed E-state index contributed by atoms with van der Waals surface area (Å²) in [7, 11) is 0. The highest BCUT2D eigenvalue weighted by Gasteiger charge is 1.98. The Hall–Kier alpha value is -1.84. The van der Waals surface area contributed by atoms with Crippen LogP contribution >= 0.6 is 0 Å². The monoisotopic (exact) mass is 219 g/mol. The second-order valence-electron chi connectivity index (χ2n) is 3.65. The molecule has 2 rings (SSSR count). The molecule has 1 fully saturated rings. The molecule has 0 saturated carbocycles. The van der Waals surface area contributed by atoms with Crippen molar-refractivity contribution in [1.29, 1.82) is 5.41 Å². The first kappa shape index (κ1) is 12.2. The molecule has 4 heteroatoms. The van der Waals surface area contributed by atoms with Gasteiger partial charge in [-0.15, -0.1) is 0 Å². The maximum Gasteiger partial charge on any atom is 0.188 e. The highest BCUT2D eigenvalue weighted by Crippen LogP contribution is 2.03. The molecule has 1 aromatic rings. The van der Waals surface area contributed by atoms with Gasteiger partial charge in [-0.3, -0.25) is 10.2 Å². The molecule has 0 radical (unpaired) electrons. The molecule has 1 aliphatic heterocycles. The Balaban J connectivity index is 0.000000181. The number of carbonyl (C=O) groups excluding carboxylic acids is 1. The summed E-state index contributed by atoms with van der Waals surface area (Å²) in [5.74, 6) is 0.582. The first-order valence-electron chi connectivity index (χ1n) is 5.23. The molecular formula is C12H17N3O. The molecule has 86 valence electrons. The topological polar surface area (TPSA) is 65.0 Å². The van der Waals surface area contributed by atoms with Crippen LogP contribution in [0.15, 0.2) is 24.3 Å². The van der Waals surface area contributed by atoms with E-state index in [1.165, 1.54) is 0 Å². The lowest BCUT2D eigenvalue weighted by atomic mass is 10.1. The predicted molar refractivity (Wildman–Crippen MR) is 64.9 cm³/mol. The van der Waals surface area contributed by atoms with Gasteiger partial charge in [-0.05, 0) is 19.9 Å². The van der Waals surface area contributed by atoms with Crippen molar-refractivity contribution in [2.24, 2.45) is 0 Å². The molecular weight excluding hydrogens is 202 g/mol. The summed E-state index contributed by atoms with van der Waals surface area (Å²) in [5, 5.41) is 12.4. The lowest BCUT2D eigenvalue weighted by Crippen LogP contribution is -2.21. The molecule has 0 aliphatic carbocycles. The molecule has 0 spiro atoms. The van der Waals surface area contributed by atoms with E-state index in [4.69, 9.17) is 5.41 Å². The van der Waals surface area contributed by atoms with Gasteiger partial charge in [0, 0.05) is 18.7 Å². The van der Waals surface area contributed by atoms with Crippen LogP contribution in [0.25, 0.3) is 0 Å². The van der Waals surface area contributed by atoms with Crippen LogP contribution in [0, 0.1) is 12.3 Å². The third-order valence-corrected chi connectivity index (χ3v) is 2.15. The highest BCUT2D eigenvalue weighted by molar-refractivity contribution is 5.94. The standard InChI is InChI=1S/C9H10O.C3H7N3/c1-7-4-3-5-9(6-7)8(2)10;4-3-5-1-2-6-3/h3-6H,1-2H3;1-2H2,(H3,4,5,6). The van der Waals surface area contributed by atoms with Crippen LogP contribution in [0.2, 0.25) is 0 Å². The number of aryl methyl sites for hydroxylation is 1. The number of ketones is 1. The Kier molecular flexibility index (Phi) is 4.51. The summed E-state index contributed by atoms with van der Waals surface area (Å²) in [6.07, 6.45) is 0. The van der Waals surface area contributed by atoms with Crippen molar-refractivity contribution in [1.82, 2.24) is 10.6 Å². The lowest BCUT2D eigenvalue weighted by molar-refractivity contribution is 0.101. The van der Waals surface area contributed by atoms with Gasteiger partial charge in [0.1, 0.15) is 0 Å². The number of hydrogen-bond donors (Lipinski definition) is 3. The summed E-state index contributed by atoms with van der Waals surface area (Å²) in [5.41, 5.74) is 1.92. The van der Waals surface area contributed by atoms with Gasteiger partial charge >= 0.3 is 0 Å². The van der Waals surface area contributed by atoms with E-state index in [1.54, 1.807) is 6.92 Å². The van der Waals surface area contributed by atoms with E-state index in [2.05, 4.69) is 10.6 Å². The predicted octanol–water partition coefficient (Wildman–Crippen LogP) is 1.31. The molecule has 0 unspecified atom stereocenters. The molecule has 1 saturated heterocycles. The van der Waals surface area contributed by atoms with Gasteiger partial charge in [0.25, 0.3) is 0 Å². The third-order valence-electron chi connectivity index (χ3n) is 2.15. The zero-order chi connectivity index (χ0) is 12.0.